The molecular weight excluding hydrogens is 348 g/mol. The highest BCUT2D eigenvalue weighted by atomic mass is 32.1. The quantitative estimate of drug-likeness (QED) is 0.817. The summed E-state index contributed by atoms with van der Waals surface area (Å²) in [6.07, 6.45) is 1.75. The van der Waals surface area contributed by atoms with Gasteiger partial charge >= 0.3 is 0 Å². The Labute approximate surface area is 157 Å². The van der Waals surface area contributed by atoms with Crippen LogP contribution < -0.4 is 10.6 Å². The van der Waals surface area contributed by atoms with Crippen LogP contribution in [0.4, 0.5) is 5.82 Å². The van der Waals surface area contributed by atoms with Gasteiger partial charge in [-0.3, -0.25) is 14.5 Å². The molecule has 1 aliphatic rings. The van der Waals surface area contributed by atoms with Crippen LogP contribution in [-0.4, -0.2) is 41.3 Å². The smallest absolute Gasteiger partial charge is 0.234 e. The van der Waals surface area contributed by atoms with Gasteiger partial charge in [-0.25, -0.2) is 4.98 Å². The van der Waals surface area contributed by atoms with Crippen molar-refractivity contribution in [3.05, 3.63) is 46.3 Å². The maximum atomic E-state index is 12.5. The van der Waals surface area contributed by atoms with Gasteiger partial charge in [-0.15, -0.1) is 11.3 Å². The molecule has 138 valence electrons. The van der Waals surface area contributed by atoms with Crippen molar-refractivity contribution < 1.29 is 9.59 Å². The molecule has 1 atom stereocenters. The maximum absolute atomic E-state index is 12.5. The summed E-state index contributed by atoms with van der Waals surface area (Å²) in [5.74, 6) is 0.448. The normalized spacial score (nSPS) is 17.7. The van der Waals surface area contributed by atoms with Gasteiger partial charge in [-0.2, -0.15) is 0 Å². The number of rotatable bonds is 6. The number of carbonyl (C=O) groups is 2. The first-order valence-corrected chi connectivity index (χ1v) is 9.74. The Morgan fingerprint density at radius 3 is 2.96 bits per heavy atom. The number of nitrogens with one attached hydrogen (secondary N) is 2. The van der Waals surface area contributed by atoms with Crippen LogP contribution in [-0.2, 0) is 16.1 Å². The minimum absolute atomic E-state index is 0.000177. The first-order chi connectivity index (χ1) is 12.6. The monoisotopic (exact) mass is 372 g/mol. The molecule has 2 amide bonds. The van der Waals surface area contributed by atoms with E-state index in [9.17, 15) is 9.59 Å². The molecule has 2 aromatic heterocycles. The first kappa shape index (κ1) is 18.5. The zero-order valence-electron chi connectivity index (χ0n) is 14.9. The van der Waals surface area contributed by atoms with E-state index in [2.05, 4.69) is 20.5 Å². The number of likely N-dealkylation sites (tertiary alicyclic amines) is 1. The summed E-state index contributed by atoms with van der Waals surface area (Å²) in [6.45, 7) is 4.24. The largest absolute Gasteiger partial charge is 0.350 e. The van der Waals surface area contributed by atoms with Gasteiger partial charge in [0.25, 0.3) is 0 Å². The van der Waals surface area contributed by atoms with E-state index in [1.165, 1.54) is 0 Å². The molecule has 0 aromatic carbocycles. The molecule has 0 bridgehead atoms. The molecule has 1 aliphatic heterocycles. The summed E-state index contributed by atoms with van der Waals surface area (Å²) >= 11 is 1.63. The Morgan fingerprint density at radius 1 is 1.31 bits per heavy atom. The van der Waals surface area contributed by atoms with Crippen LogP contribution in [0.15, 0.2) is 35.7 Å². The number of anilines is 1. The van der Waals surface area contributed by atoms with Gasteiger partial charge in [-0.1, -0.05) is 12.1 Å². The van der Waals surface area contributed by atoms with Gasteiger partial charge in [0.05, 0.1) is 19.0 Å². The van der Waals surface area contributed by atoms with E-state index >= 15 is 0 Å². The fourth-order valence-electron chi connectivity index (χ4n) is 3.11. The number of amides is 2. The summed E-state index contributed by atoms with van der Waals surface area (Å²) < 4.78 is 0. The van der Waals surface area contributed by atoms with Crippen LogP contribution in [0.2, 0.25) is 0 Å². The number of hydrogen-bond donors (Lipinski definition) is 2. The Balaban J connectivity index is 1.47. The van der Waals surface area contributed by atoms with Crippen LogP contribution in [0.1, 0.15) is 23.4 Å². The summed E-state index contributed by atoms with van der Waals surface area (Å²) in [6, 6.07) is 9.55. The lowest BCUT2D eigenvalue weighted by Gasteiger charge is -2.31. The zero-order chi connectivity index (χ0) is 18.4. The maximum Gasteiger partial charge on any atom is 0.234 e. The third kappa shape index (κ3) is 5.37. The zero-order valence-corrected chi connectivity index (χ0v) is 15.7. The fourth-order valence-corrected chi connectivity index (χ4v) is 3.76. The molecule has 0 radical (unpaired) electrons. The minimum atomic E-state index is -0.115. The van der Waals surface area contributed by atoms with Crippen molar-refractivity contribution in [2.75, 3.05) is 25.0 Å². The van der Waals surface area contributed by atoms with Gasteiger partial charge < -0.3 is 10.6 Å². The Bertz CT molecular complexity index is 748. The van der Waals surface area contributed by atoms with Crippen molar-refractivity contribution >= 4 is 29.0 Å². The Morgan fingerprint density at radius 2 is 2.19 bits per heavy atom. The molecule has 2 aromatic rings. The predicted octanol–water partition coefficient (Wildman–Crippen LogP) is 2.42. The van der Waals surface area contributed by atoms with Crippen molar-refractivity contribution in [1.82, 2.24) is 15.2 Å². The standard InChI is InChI=1S/C19H24N4O2S/c1-14-5-2-8-17(21-14)22-19(25)15-6-3-9-23(12-15)13-18(24)20-11-16-7-4-10-26-16/h2,4-5,7-8,10,15H,3,6,9,11-13H2,1H3,(H,20,24)(H,21,22,25). The lowest BCUT2D eigenvalue weighted by atomic mass is 9.97. The second-order valence-corrected chi connectivity index (χ2v) is 7.62. The summed E-state index contributed by atoms with van der Waals surface area (Å²) in [5.41, 5.74) is 0.871. The second kappa shape index (κ2) is 8.91. The number of piperidine rings is 1. The van der Waals surface area contributed by atoms with E-state index in [0.29, 0.717) is 25.5 Å². The number of aromatic nitrogens is 1. The fraction of sp³-hybridized carbons (Fsp3) is 0.421. The first-order valence-electron chi connectivity index (χ1n) is 8.86. The number of nitrogens with zero attached hydrogens (tertiary/aromatic N) is 2. The van der Waals surface area contributed by atoms with Gasteiger partial charge in [0.1, 0.15) is 5.82 Å². The van der Waals surface area contributed by atoms with E-state index in [-0.39, 0.29) is 17.7 Å². The van der Waals surface area contributed by atoms with Crippen molar-refractivity contribution in [3.8, 4) is 0 Å². The molecule has 3 heterocycles. The molecule has 0 aliphatic carbocycles. The Kier molecular flexibility index (Phi) is 6.35. The average Bonchev–Trinajstić information content (AvgIpc) is 3.14. The number of thiophene rings is 1. The molecule has 3 rings (SSSR count). The second-order valence-electron chi connectivity index (χ2n) is 6.58. The highest BCUT2D eigenvalue weighted by Crippen LogP contribution is 2.18. The highest BCUT2D eigenvalue weighted by Gasteiger charge is 2.27. The van der Waals surface area contributed by atoms with E-state index in [1.54, 1.807) is 17.4 Å². The molecule has 26 heavy (non-hydrogen) atoms. The van der Waals surface area contributed by atoms with Crippen LogP contribution >= 0.6 is 11.3 Å². The lowest BCUT2D eigenvalue weighted by Crippen LogP contribution is -2.45. The van der Waals surface area contributed by atoms with Gasteiger partial charge in [0.2, 0.25) is 11.8 Å². The summed E-state index contributed by atoms with van der Waals surface area (Å²) in [4.78, 5) is 32.2. The van der Waals surface area contributed by atoms with Crippen molar-refractivity contribution in [2.45, 2.75) is 26.3 Å². The van der Waals surface area contributed by atoms with Crippen LogP contribution in [0.3, 0.4) is 0 Å². The third-order valence-electron chi connectivity index (χ3n) is 4.42. The molecule has 1 saturated heterocycles. The summed E-state index contributed by atoms with van der Waals surface area (Å²) in [5, 5.41) is 7.83. The van der Waals surface area contributed by atoms with Crippen molar-refractivity contribution in [1.29, 1.82) is 0 Å². The van der Waals surface area contributed by atoms with Crippen molar-refractivity contribution in [3.63, 3.8) is 0 Å². The van der Waals surface area contributed by atoms with Gasteiger partial charge in [0, 0.05) is 17.1 Å². The van der Waals surface area contributed by atoms with Crippen LogP contribution in [0, 0.1) is 12.8 Å². The Hall–Kier alpha value is -2.25. The summed E-state index contributed by atoms with van der Waals surface area (Å²) in [7, 11) is 0. The number of pyridine rings is 1. The molecule has 1 unspecified atom stereocenters. The van der Waals surface area contributed by atoms with Crippen LogP contribution in [0.25, 0.3) is 0 Å². The predicted molar refractivity (Wildman–Crippen MR) is 103 cm³/mol. The SMILES string of the molecule is Cc1cccc(NC(=O)C2CCCN(CC(=O)NCc3cccs3)C2)n1. The van der Waals surface area contributed by atoms with E-state index in [4.69, 9.17) is 0 Å². The number of aryl methyl sites for hydroxylation is 1. The van der Waals surface area contributed by atoms with E-state index in [1.807, 2.05) is 36.6 Å². The van der Waals surface area contributed by atoms with Crippen molar-refractivity contribution in [2.24, 2.45) is 5.92 Å². The third-order valence-corrected chi connectivity index (χ3v) is 5.30. The molecule has 7 heteroatoms. The van der Waals surface area contributed by atoms with Gasteiger partial charge in [0.15, 0.2) is 0 Å². The van der Waals surface area contributed by atoms with E-state index < -0.39 is 0 Å². The van der Waals surface area contributed by atoms with Crippen LogP contribution in [0.5, 0.6) is 0 Å². The average molecular weight is 372 g/mol. The van der Waals surface area contributed by atoms with Gasteiger partial charge in [-0.05, 0) is 49.9 Å². The molecular formula is C19H24N4O2S. The van der Waals surface area contributed by atoms with E-state index in [0.717, 1.165) is 30.0 Å². The lowest BCUT2D eigenvalue weighted by molar-refractivity contribution is -0.125. The minimum Gasteiger partial charge on any atom is -0.350 e. The highest BCUT2D eigenvalue weighted by molar-refractivity contribution is 7.09. The molecule has 1 fully saturated rings. The molecule has 0 spiro atoms. The topological polar surface area (TPSA) is 74.3 Å². The number of hydrogen-bond acceptors (Lipinski definition) is 5. The molecule has 0 saturated carbocycles. The number of carbonyl (C=O) groups excluding carboxylic acids is 2. The molecule has 6 nitrogen and oxygen atoms in total. The molecule has 2 N–H and O–H groups in total.